The lowest BCUT2D eigenvalue weighted by atomic mass is 11.1. The lowest BCUT2D eigenvalue weighted by molar-refractivity contribution is 0.259. The van der Waals surface area contributed by atoms with E-state index in [1.54, 1.807) is 0 Å². The highest BCUT2D eigenvalue weighted by atomic mass is 32.2. The van der Waals surface area contributed by atoms with Gasteiger partial charge >= 0.3 is 6.03 Å². The molecule has 0 spiro atoms. The number of amides is 2. The number of hydrogen-bond donors (Lipinski definition) is 3. The third kappa shape index (κ3) is 2.71. The smallest absolute Gasteiger partial charge is 0.316 e. The van der Waals surface area contributed by atoms with Gasteiger partial charge in [-0.3, -0.25) is 0 Å². The first-order valence-electron chi connectivity index (χ1n) is 3.59. The molecule has 0 radical (unpaired) electrons. The first-order valence-corrected chi connectivity index (χ1v) is 5.13. The molecule has 1 aromatic carbocycles. The number of benzene rings is 1. The summed E-state index contributed by atoms with van der Waals surface area (Å²) < 4.78 is 21.7. The van der Waals surface area contributed by atoms with Crippen LogP contribution in [-0.4, -0.2) is 14.4 Å². The number of rotatable bonds is 2. The Labute approximate surface area is 80.9 Å². The molecule has 2 amide bonds. The fourth-order valence-electron chi connectivity index (χ4n) is 0.870. The number of anilines is 1. The first-order chi connectivity index (χ1) is 6.39. The van der Waals surface area contributed by atoms with E-state index in [1.165, 1.54) is 24.3 Å². The van der Waals surface area contributed by atoms with Crippen molar-refractivity contribution in [2.45, 2.75) is 4.90 Å². The number of primary sulfonamides is 1. The van der Waals surface area contributed by atoms with Gasteiger partial charge in [-0.2, -0.15) is 0 Å². The standard InChI is InChI=1S/C7H9N3O3S/c8-7(11)10-5-1-3-6(4-2-5)14(9,12)13/h1-4H,(H3,8,10,11)(H2,9,12,13)/i1+1,2+1,3+1,4+1,5+1,6+1. The highest BCUT2D eigenvalue weighted by molar-refractivity contribution is 7.89. The number of nitrogens with one attached hydrogen (secondary N) is 1. The van der Waals surface area contributed by atoms with Gasteiger partial charge in [0.2, 0.25) is 10.0 Å². The Balaban J connectivity index is 2.95. The predicted octanol–water partition coefficient (Wildman–Crippen LogP) is -0.175. The highest BCUT2D eigenvalue weighted by Crippen LogP contribution is 2.11. The summed E-state index contributed by atoms with van der Waals surface area (Å²) in [5.41, 5.74) is 5.26. The lowest BCUT2D eigenvalue weighted by Gasteiger charge is -2.02. The minimum atomic E-state index is -3.69. The summed E-state index contributed by atoms with van der Waals surface area (Å²) in [5, 5.41) is 7.15. The molecule has 0 aromatic heterocycles. The quantitative estimate of drug-likeness (QED) is 0.643. The summed E-state index contributed by atoms with van der Waals surface area (Å²) in [6.45, 7) is 0. The largest absolute Gasteiger partial charge is 0.351 e. The van der Waals surface area contributed by atoms with Crippen LogP contribution in [-0.2, 0) is 10.0 Å². The zero-order valence-electron chi connectivity index (χ0n) is 7.10. The lowest BCUT2D eigenvalue weighted by Crippen LogP contribution is -2.19. The molecule has 1 aromatic rings. The zero-order chi connectivity index (χ0) is 10.8. The molecule has 0 unspecified atom stereocenters. The van der Waals surface area contributed by atoms with Crippen molar-refractivity contribution in [3.63, 3.8) is 0 Å². The topological polar surface area (TPSA) is 115 Å². The molecular weight excluding hydrogens is 212 g/mol. The van der Waals surface area contributed by atoms with E-state index in [-0.39, 0.29) is 4.90 Å². The van der Waals surface area contributed by atoms with E-state index in [9.17, 15) is 13.2 Å². The van der Waals surface area contributed by atoms with Crippen molar-refractivity contribution in [2.24, 2.45) is 10.9 Å². The third-order valence-corrected chi connectivity index (χ3v) is 2.38. The minimum Gasteiger partial charge on any atom is -0.351 e. The van der Waals surface area contributed by atoms with Crippen LogP contribution in [0.3, 0.4) is 0 Å². The van der Waals surface area contributed by atoms with Crippen LogP contribution in [0.2, 0.25) is 0 Å². The third-order valence-electron chi connectivity index (χ3n) is 1.45. The van der Waals surface area contributed by atoms with Crippen LogP contribution >= 0.6 is 0 Å². The second kappa shape index (κ2) is 3.64. The van der Waals surface area contributed by atoms with Crippen LogP contribution in [0.15, 0.2) is 29.2 Å². The average molecular weight is 221 g/mol. The Bertz CT molecular complexity index is 438. The monoisotopic (exact) mass is 221 g/mol. The van der Waals surface area contributed by atoms with Gasteiger partial charge in [0.1, 0.15) is 0 Å². The van der Waals surface area contributed by atoms with Gasteiger partial charge in [-0.15, -0.1) is 0 Å². The van der Waals surface area contributed by atoms with Crippen LogP contribution in [0.4, 0.5) is 10.5 Å². The van der Waals surface area contributed by atoms with Crippen molar-refractivity contribution in [3.05, 3.63) is 24.3 Å². The SMILES string of the molecule is NC(=O)N[13c]1[13cH][13cH][13c](S(N)(=O)=O)[13cH][13cH]1. The Morgan fingerprint density at radius 1 is 1.21 bits per heavy atom. The minimum absolute atomic E-state index is 0.0208. The van der Waals surface area contributed by atoms with Crippen molar-refractivity contribution in [1.29, 1.82) is 0 Å². The maximum atomic E-state index is 10.8. The zero-order valence-corrected chi connectivity index (χ0v) is 7.91. The van der Waals surface area contributed by atoms with Gasteiger partial charge in [0.05, 0.1) is 4.90 Å². The Kier molecular flexibility index (Phi) is 2.73. The van der Waals surface area contributed by atoms with E-state index in [4.69, 9.17) is 10.9 Å². The number of urea groups is 1. The molecule has 0 aliphatic heterocycles. The van der Waals surface area contributed by atoms with Crippen LogP contribution in [0.5, 0.6) is 0 Å². The second-order valence-corrected chi connectivity index (χ2v) is 4.12. The molecule has 0 atom stereocenters. The van der Waals surface area contributed by atoms with Crippen LogP contribution in [0.1, 0.15) is 0 Å². The van der Waals surface area contributed by atoms with Gasteiger partial charge < -0.3 is 11.1 Å². The molecular formula is C7H9N3O3S. The van der Waals surface area contributed by atoms with Crippen molar-refractivity contribution < 1.29 is 13.2 Å². The normalized spacial score (nSPS) is 10.9. The van der Waals surface area contributed by atoms with Gasteiger partial charge in [-0.05, 0) is 24.3 Å². The Morgan fingerprint density at radius 3 is 2.07 bits per heavy atom. The van der Waals surface area contributed by atoms with Gasteiger partial charge in [-0.1, -0.05) is 0 Å². The average Bonchev–Trinajstić information content (AvgIpc) is 2.02. The number of carbonyl (C=O) groups is 1. The predicted molar refractivity (Wildman–Crippen MR) is 51.0 cm³/mol. The fraction of sp³-hybridized carbons (Fsp3) is 0. The van der Waals surface area contributed by atoms with E-state index < -0.39 is 16.1 Å². The van der Waals surface area contributed by atoms with E-state index in [1.807, 2.05) is 0 Å². The molecule has 0 aliphatic carbocycles. The molecule has 0 bridgehead atoms. The molecule has 1 rings (SSSR count). The molecule has 0 aliphatic rings. The number of sulfonamides is 1. The van der Waals surface area contributed by atoms with Crippen molar-refractivity contribution >= 4 is 21.7 Å². The number of nitrogens with two attached hydrogens (primary N) is 2. The van der Waals surface area contributed by atoms with Crippen molar-refractivity contribution in [1.82, 2.24) is 0 Å². The molecule has 0 saturated carbocycles. The van der Waals surface area contributed by atoms with Crippen LogP contribution < -0.4 is 16.2 Å². The van der Waals surface area contributed by atoms with Crippen molar-refractivity contribution in [2.75, 3.05) is 5.32 Å². The van der Waals surface area contributed by atoms with Gasteiger partial charge in [0.15, 0.2) is 0 Å². The van der Waals surface area contributed by atoms with Crippen molar-refractivity contribution in [3.8, 4) is 0 Å². The fourth-order valence-corrected chi connectivity index (χ4v) is 1.39. The summed E-state index contributed by atoms with van der Waals surface area (Å²) in [4.78, 5) is 10.4. The summed E-state index contributed by atoms with van der Waals surface area (Å²) in [7, 11) is -3.69. The highest BCUT2D eigenvalue weighted by Gasteiger charge is 2.06. The number of hydrogen-bond acceptors (Lipinski definition) is 3. The summed E-state index contributed by atoms with van der Waals surface area (Å²) in [6.07, 6.45) is 0. The van der Waals surface area contributed by atoms with E-state index in [0.29, 0.717) is 5.69 Å². The molecule has 7 heteroatoms. The molecule has 5 N–H and O–H groups in total. The molecule has 0 saturated heterocycles. The molecule has 0 heterocycles. The van der Waals surface area contributed by atoms with Crippen LogP contribution in [0.25, 0.3) is 0 Å². The van der Waals surface area contributed by atoms with Gasteiger partial charge in [0, 0.05) is 5.69 Å². The Morgan fingerprint density at radius 2 is 1.71 bits per heavy atom. The second-order valence-electron chi connectivity index (χ2n) is 2.56. The number of primary amides is 1. The first kappa shape index (κ1) is 10.5. The molecule has 14 heavy (non-hydrogen) atoms. The van der Waals surface area contributed by atoms with Gasteiger partial charge in [0.25, 0.3) is 0 Å². The molecule has 0 fully saturated rings. The van der Waals surface area contributed by atoms with Crippen LogP contribution in [0, 0.1) is 0 Å². The van der Waals surface area contributed by atoms with E-state index >= 15 is 0 Å². The number of carbonyl (C=O) groups excluding carboxylic acids is 1. The maximum absolute atomic E-state index is 10.8. The maximum Gasteiger partial charge on any atom is 0.316 e. The van der Waals surface area contributed by atoms with E-state index in [2.05, 4.69) is 5.32 Å². The van der Waals surface area contributed by atoms with E-state index in [0.717, 1.165) is 0 Å². The summed E-state index contributed by atoms with van der Waals surface area (Å²) >= 11 is 0. The molecule has 6 nitrogen and oxygen atoms in total. The van der Waals surface area contributed by atoms with Gasteiger partial charge in [-0.25, -0.2) is 18.4 Å². The molecule has 76 valence electrons. The Hall–Kier alpha value is -1.60. The summed E-state index contributed by atoms with van der Waals surface area (Å²) in [6, 6.07) is 4.63. The summed E-state index contributed by atoms with van der Waals surface area (Å²) in [5.74, 6) is 0.